The molecule has 182 valence electrons. The number of fused-ring (bicyclic) bond motifs is 1. The Balaban J connectivity index is 1.44. The molecule has 3 amide bonds. The van der Waals surface area contributed by atoms with Crippen LogP contribution in [0.5, 0.6) is 0 Å². The maximum Gasteiger partial charge on any atom is 0.273 e. The lowest BCUT2D eigenvalue weighted by Crippen LogP contribution is -2.65. The molecule has 1 aliphatic carbocycles. The van der Waals surface area contributed by atoms with Crippen LogP contribution in [-0.4, -0.2) is 57.1 Å². The topological polar surface area (TPSA) is 96.3 Å². The van der Waals surface area contributed by atoms with Gasteiger partial charge in [-0.15, -0.1) is 0 Å². The summed E-state index contributed by atoms with van der Waals surface area (Å²) in [5, 5.41) is 10.5. The van der Waals surface area contributed by atoms with E-state index in [2.05, 4.69) is 27.9 Å². The Bertz CT molecular complexity index is 1030. The molecule has 0 radical (unpaired) electrons. The van der Waals surface area contributed by atoms with Crippen LogP contribution < -0.4 is 10.6 Å². The number of carbonyl (C=O) groups excluding carboxylic acids is 3. The van der Waals surface area contributed by atoms with E-state index < -0.39 is 5.54 Å². The van der Waals surface area contributed by atoms with Crippen molar-refractivity contribution in [3.05, 3.63) is 53.3 Å². The zero-order chi connectivity index (χ0) is 24.1. The van der Waals surface area contributed by atoms with Gasteiger partial charge < -0.3 is 15.5 Å². The van der Waals surface area contributed by atoms with Crippen LogP contribution in [0.1, 0.15) is 78.9 Å². The van der Waals surface area contributed by atoms with E-state index in [4.69, 9.17) is 0 Å². The van der Waals surface area contributed by atoms with Crippen LogP contribution >= 0.6 is 0 Å². The third kappa shape index (κ3) is 5.00. The SMILES string of the molecule is CCCN1C(=O)c2cc(C(=O)NCCCc3ccccc3)nn2CC1(C)C(=O)NC1CCCC1. The summed E-state index contributed by atoms with van der Waals surface area (Å²) in [7, 11) is 0. The zero-order valence-corrected chi connectivity index (χ0v) is 20.2. The van der Waals surface area contributed by atoms with Gasteiger partial charge in [0.2, 0.25) is 5.91 Å². The Morgan fingerprint density at radius 1 is 1.18 bits per heavy atom. The second kappa shape index (κ2) is 10.4. The molecule has 8 nitrogen and oxygen atoms in total. The van der Waals surface area contributed by atoms with E-state index >= 15 is 0 Å². The Morgan fingerprint density at radius 3 is 2.62 bits per heavy atom. The van der Waals surface area contributed by atoms with E-state index in [-0.39, 0.29) is 36.0 Å². The van der Waals surface area contributed by atoms with Crippen molar-refractivity contribution in [3.63, 3.8) is 0 Å². The Hall–Kier alpha value is -3.16. The second-order valence-corrected chi connectivity index (χ2v) is 9.60. The van der Waals surface area contributed by atoms with Gasteiger partial charge in [0.1, 0.15) is 11.2 Å². The first-order chi connectivity index (χ1) is 16.4. The van der Waals surface area contributed by atoms with Gasteiger partial charge in [0, 0.05) is 25.2 Å². The largest absolute Gasteiger partial charge is 0.351 e. The van der Waals surface area contributed by atoms with Crippen LogP contribution in [0.15, 0.2) is 36.4 Å². The Kier molecular flexibility index (Phi) is 7.34. The van der Waals surface area contributed by atoms with Crippen LogP contribution in [0.3, 0.4) is 0 Å². The summed E-state index contributed by atoms with van der Waals surface area (Å²) >= 11 is 0. The monoisotopic (exact) mass is 465 g/mol. The molecule has 1 aromatic carbocycles. The van der Waals surface area contributed by atoms with Gasteiger partial charge in [-0.05, 0) is 44.6 Å². The fourth-order valence-electron chi connectivity index (χ4n) is 4.97. The number of aryl methyl sites for hydroxylation is 1. The molecule has 1 unspecified atom stereocenters. The molecule has 1 aromatic heterocycles. The molecule has 1 fully saturated rings. The number of amides is 3. The molecule has 0 bridgehead atoms. The minimum atomic E-state index is -1.04. The molecular formula is C26H35N5O3. The van der Waals surface area contributed by atoms with Gasteiger partial charge in [0.05, 0.1) is 6.54 Å². The molecule has 8 heteroatoms. The molecule has 1 aliphatic heterocycles. The van der Waals surface area contributed by atoms with Crippen LogP contribution in [0.4, 0.5) is 0 Å². The number of hydrogen-bond acceptors (Lipinski definition) is 4. The van der Waals surface area contributed by atoms with Crippen molar-refractivity contribution in [1.82, 2.24) is 25.3 Å². The molecule has 0 saturated heterocycles. The summed E-state index contributed by atoms with van der Waals surface area (Å²) < 4.78 is 1.53. The van der Waals surface area contributed by atoms with Crippen molar-refractivity contribution in [2.24, 2.45) is 0 Å². The third-order valence-electron chi connectivity index (χ3n) is 6.93. The number of aromatic nitrogens is 2. The van der Waals surface area contributed by atoms with Gasteiger partial charge in [-0.25, -0.2) is 0 Å². The van der Waals surface area contributed by atoms with Crippen molar-refractivity contribution in [2.45, 2.75) is 76.9 Å². The van der Waals surface area contributed by atoms with Gasteiger partial charge in [0.25, 0.3) is 11.8 Å². The normalized spacial score (nSPS) is 20.3. The summed E-state index contributed by atoms with van der Waals surface area (Å²) in [6, 6.07) is 11.8. The molecule has 2 heterocycles. The van der Waals surface area contributed by atoms with E-state index in [1.807, 2.05) is 25.1 Å². The first-order valence-corrected chi connectivity index (χ1v) is 12.5. The summed E-state index contributed by atoms with van der Waals surface area (Å²) in [5.74, 6) is -0.705. The first-order valence-electron chi connectivity index (χ1n) is 12.5. The molecule has 34 heavy (non-hydrogen) atoms. The fraction of sp³-hybridized carbons (Fsp3) is 0.538. The summed E-state index contributed by atoms with van der Waals surface area (Å²) in [6.45, 7) is 5.02. The predicted octanol–water partition coefficient (Wildman–Crippen LogP) is 2.93. The van der Waals surface area contributed by atoms with Gasteiger partial charge in [0.15, 0.2) is 5.69 Å². The number of benzene rings is 1. The highest BCUT2D eigenvalue weighted by Gasteiger charge is 2.48. The maximum atomic E-state index is 13.4. The Morgan fingerprint density at radius 2 is 1.91 bits per heavy atom. The zero-order valence-electron chi connectivity index (χ0n) is 20.2. The van der Waals surface area contributed by atoms with Crippen molar-refractivity contribution >= 4 is 17.7 Å². The van der Waals surface area contributed by atoms with E-state index in [0.717, 1.165) is 44.9 Å². The average Bonchev–Trinajstić information content (AvgIpc) is 3.50. The summed E-state index contributed by atoms with van der Waals surface area (Å²) in [5.41, 5.74) is 0.748. The number of carbonyl (C=O) groups is 3. The van der Waals surface area contributed by atoms with Crippen LogP contribution in [0.2, 0.25) is 0 Å². The molecule has 0 spiro atoms. The summed E-state index contributed by atoms with van der Waals surface area (Å²) in [6.07, 6.45) is 6.61. The highest BCUT2D eigenvalue weighted by atomic mass is 16.2. The van der Waals surface area contributed by atoms with Gasteiger partial charge in [-0.3, -0.25) is 19.1 Å². The lowest BCUT2D eigenvalue weighted by Gasteiger charge is -2.43. The van der Waals surface area contributed by atoms with Crippen molar-refractivity contribution < 1.29 is 14.4 Å². The maximum absolute atomic E-state index is 13.4. The van der Waals surface area contributed by atoms with E-state index in [1.54, 1.807) is 17.9 Å². The molecule has 2 N–H and O–H groups in total. The van der Waals surface area contributed by atoms with E-state index in [0.29, 0.717) is 18.8 Å². The van der Waals surface area contributed by atoms with Crippen LogP contribution in [-0.2, 0) is 17.8 Å². The van der Waals surface area contributed by atoms with Crippen molar-refractivity contribution in [2.75, 3.05) is 13.1 Å². The highest BCUT2D eigenvalue weighted by molar-refractivity contribution is 6.01. The minimum Gasteiger partial charge on any atom is -0.351 e. The van der Waals surface area contributed by atoms with E-state index in [9.17, 15) is 14.4 Å². The van der Waals surface area contributed by atoms with Crippen LogP contribution in [0.25, 0.3) is 0 Å². The lowest BCUT2D eigenvalue weighted by molar-refractivity contribution is -0.133. The minimum absolute atomic E-state index is 0.144. The molecular weight excluding hydrogens is 430 g/mol. The lowest BCUT2D eigenvalue weighted by atomic mass is 9.94. The molecule has 2 aliphatic rings. The second-order valence-electron chi connectivity index (χ2n) is 9.60. The predicted molar refractivity (Wildman–Crippen MR) is 129 cm³/mol. The quantitative estimate of drug-likeness (QED) is 0.557. The molecule has 2 aromatic rings. The molecule has 1 saturated carbocycles. The standard InChI is InChI=1S/C26H35N5O3/c1-3-16-30-24(33)22-17-21(23(32)27-15-9-12-19-10-5-4-6-11-19)29-31(22)18-26(30,2)25(34)28-20-13-7-8-14-20/h4-6,10-11,17,20H,3,7-9,12-16,18H2,1-2H3,(H,27,32)(H,28,34). The third-order valence-corrected chi connectivity index (χ3v) is 6.93. The highest BCUT2D eigenvalue weighted by Crippen LogP contribution is 2.29. The molecule has 4 rings (SSSR count). The molecule has 1 atom stereocenters. The van der Waals surface area contributed by atoms with Gasteiger partial charge in [-0.2, -0.15) is 5.10 Å². The average molecular weight is 466 g/mol. The number of nitrogens with zero attached hydrogens (tertiary/aromatic N) is 3. The van der Waals surface area contributed by atoms with Crippen molar-refractivity contribution in [1.29, 1.82) is 0 Å². The Labute approximate surface area is 201 Å². The number of hydrogen-bond donors (Lipinski definition) is 2. The first kappa shape index (κ1) is 24.0. The van der Waals surface area contributed by atoms with Gasteiger partial charge >= 0.3 is 0 Å². The fourth-order valence-corrected chi connectivity index (χ4v) is 4.97. The van der Waals surface area contributed by atoms with Gasteiger partial charge in [-0.1, -0.05) is 50.1 Å². The van der Waals surface area contributed by atoms with Crippen molar-refractivity contribution in [3.8, 4) is 0 Å². The summed E-state index contributed by atoms with van der Waals surface area (Å²) in [4.78, 5) is 41.1. The van der Waals surface area contributed by atoms with Crippen LogP contribution in [0, 0.1) is 0 Å². The smallest absolute Gasteiger partial charge is 0.273 e. The van der Waals surface area contributed by atoms with E-state index in [1.165, 1.54) is 10.2 Å². The number of rotatable bonds is 9. The number of nitrogens with one attached hydrogen (secondary N) is 2.